The quantitative estimate of drug-likeness (QED) is 0.812. The van der Waals surface area contributed by atoms with Crippen LogP contribution in [0.15, 0.2) is 0 Å². The van der Waals surface area contributed by atoms with Crippen molar-refractivity contribution in [3.63, 3.8) is 0 Å². The van der Waals surface area contributed by atoms with E-state index < -0.39 is 24.3 Å². The van der Waals surface area contributed by atoms with E-state index in [1.165, 1.54) is 0 Å². The molecule has 0 aromatic carbocycles. The van der Waals surface area contributed by atoms with Crippen LogP contribution in [0.4, 0.5) is 13.2 Å². The molecule has 2 fully saturated rings. The van der Waals surface area contributed by atoms with Crippen molar-refractivity contribution in [2.75, 3.05) is 13.1 Å². The summed E-state index contributed by atoms with van der Waals surface area (Å²) in [4.78, 5) is 13.3. The van der Waals surface area contributed by atoms with Crippen molar-refractivity contribution >= 4 is 5.91 Å². The van der Waals surface area contributed by atoms with Crippen LogP contribution in [-0.2, 0) is 4.79 Å². The lowest BCUT2D eigenvalue weighted by molar-refractivity contribution is -0.130. The number of carbonyl (C=O) groups is 1. The molecule has 4 nitrogen and oxygen atoms in total. The van der Waals surface area contributed by atoms with Crippen LogP contribution in [0.5, 0.6) is 0 Å². The number of hydrogen-bond donors (Lipinski definition) is 1. The second kappa shape index (κ2) is 4.43. The lowest BCUT2D eigenvalue weighted by Crippen LogP contribution is -2.57. The Hall–Kier alpha value is -1.29. The lowest BCUT2D eigenvalue weighted by atomic mass is 9.86. The topological polar surface area (TPSA) is 56.1 Å². The van der Waals surface area contributed by atoms with Gasteiger partial charge in [0.1, 0.15) is 5.54 Å². The van der Waals surface area contributed by atoms with Gasteiger partial charge in [-0.05, 0) is 19.3 Å². The third-order valence-corrected chi connectivity index (χ3v) is 3.63. The number of rotatable bonds is 2. The Balaban J connectivity index is 2.17. The first-order chi connectivity index (χ1) is 8.38. The SMILES string of the molecule is N#CC1(NCC(F)(F)F)CC(=O)N2CCCCC21. The van der Waals surface area contributed by atoms with Crippen molar-refractivity contribution in [2.24, 2.45) is 0 Å². The van der Waals surface area contributed by atoms with E-state index in [0.717, 1.165) is 12.8 Å². The summed E-state index contributed by atoms with van der Waals surface area (Å²) in [6, 6.07) is 1.48. The molecule has 0 aromatic rings. The van der Waals surface area contributed by atoms with E-state index >= 15 is 0 Å². The summed E-state index contributed by atoms with van der Waals surface area (Å²) >= 11 is 0. The fraction of sp³-hybridized carbons (Fsp3) is 0.818. The zero-order chi connectivity index (χ0) is 13.4. The molecule has 2 rings (SSSR count). The van der Waals surface area contributed by atoms with Crippen molar-refractivity contribution in [1.82, 2.24) is 10.2 Å². The van der Waals surface area contributed by atoms with Gasteiger partial charge < -0.3 is 4.90 Å². The normalized spacial score (nSPS) is 32.2. The van der Waals surface area contributed by atoms with Gasteiger partial charge in [-0.15, -0.1) is 0 Å². The first-order valence-electron chi connectivity index (χ1n) is 5.90. The first-order valence-corrected chi connectivity index (χ1v) is 5.90. The zero-order valence-corrected chi connectivity index (χ0v) is 9.76. The molecule has 0 aromatic heterocycles. The molecule has 0 radical (unpaired) electrons. The van der Waals surface area contributed by atoms with Crippen LogP contribution in [0, 0.1) is 11.3 Å². The minimum absolute atomic E-state index is 0.162. The van der Waals surface area contributed by atoms with E-state index in [1.807, 2.05) is 6.07 Å². The number of halogens is 3. The number of hydrogen-bond acceptors (Lipinski definition) is 3. The fourth-order valence-electron chi connectivity index (χ4n) is 2.79. The summed E-state index contributed by atoms with van der Waals surface area (Å²) in [5.41, 5.74) is -1.38. The van der Waals surface area contributed by atoms with E-state index in [1.54, 1.807) is 4.90 Å². The molecule has 2 atom stereocenters. The molecule has 2 heterocycles. The summed E-state index contributed by atoms with van der Waals surface area (Å²) in [5.74, 6) is -0.226. The van der Waals surface area contributed by atoms with Crippen LogP contribution >= 0.6 is 0 Å². The lowest BCUT2D eigenvalue weighted by Gasteiger charge is -2.36. The van der Waals surface area contributed by atoms with Crippen LogP contribution in [0.2, 0.25) is 0 Å². The maximum atomic E-state index is 12.3. The maximum absolute atomic E-state index is 12.3. The summed E-state index contributed by atoms with van der Waals surface area (Å²) < 4.78 is 36.8. The van der Waals surface area contributed by atoms with Crippen LogP contribution in [-0.4, -0.2) is 41.7 Å². The van der Waals surface area contributed by atoms with Gasteiger partial charge in [-0.3, -0.25) is 10.1 Å². The molecule has 0 aliphatic carbocycles. The Kier molecular flexibility index (Phi) is 3.23. The van der Waals surface area contributed by atoms with Crippen molar-refractivity contribution < 1.29 is 18.0 Å². The van der Waals surface area contributed by atoms with E-state index in [4.69, 9.17) is 0 Å². The highest BCUT2D eigenvalue weighted by Crippen LogP contribution is 2.36. The van der Waals surface area contributed by atoms with E-state index in [2.05, 4.69) is 5.32 Å². The third kappa shape index (κ3) is 2.29. The Labute approximate surface area is 103 Å². The molecule has 18 heavy (non-hydrogen) atoms. The molecule has 100 valence electrons. The van der Waals surface area contributed by atoms with Crippen molar-refractivity contribution in [3.8, 4) is 6.07 Å². The number of nitrogens with one attached hydrogen (secondary N) is 1. The van der Waals surface area contributed by atoms with Gasteiger partial charge in [0.25, 0.3) is 0 Å². The Morgan fingerprint density at radius 1 is 1.50 bits per heavy atom. The van der Waals surface area contributed by atoms with Crippen LogP contribution < -0.4 is 5.32 Å². The van der Waals surface area contributed by atoms with Crippen LogP contribution in [0.3, 0.4) is 0 Å². The monoisotopic (exact) mass is 261 g/mol. The molecule has 0 spiro atoms. The van der Waals surface area contributed by atoms with Gasteiger partial charge in [0.05, 0.1) is 25.1 Å². The predicted octanol–water partition coefficient (Wildman–Crippen LogP) is 1.19. The minimum atomic E-state index is -4.38. The number of nitrogens with zero attached hydrogens (tertiary/aromatic N) is 2. The molecule has 0 bridgehead atoms. The molecule has 7 heteroatoms. The third-order valence-electron chi connectivity index (χ3n) is 3.63. The molecule has 2 unspecified atom stereocenters. The molecular formula is C11H14F3N3O. The number of nitriles is 1. The van der Waals surface area contributed by atoms with Gasteiger partial charge in [0.2, 0.25) is 5.91 Å². The van der Waals surface area contributed by atoms with Crippen LogP contribution in [0.1, 0.15) is 25.7 Å². The Morgan fingerprint density at radius 2 is 2.22 bits per heavy atom. The highest BCUT2D eigenvalue weighted by molar-refractivity contribution is 5.82. The van der Waals surface area contributed by atoms with Crippen LogP contribution in [0.25, 0.3) is 0 Å². The molecule has 0 saturated carbocycles. The molecule has 1 N–H and O–H groups in total. The molecular weight excluding hydrogens is 247 g/mol. The van der Waals surface area contributed by atoms with Gasteiger partial charge >= 0.3 is 6.18 Å². The average Bonchev–Trinajstić information content (AvgIpc) is 2.61. The standard InChI is InChI=1S/C11H14F3N3O/c12-11(13,14)7-16-10(6-15)5-9(18)17-4-2-1-3-8(10)17/h8,16H,1-5,7H2. The van der Waals surface area contributed by atoms with Crippen molar-refractivity contribution in [2.45, 2.75) is 43.4 Å². The highest BCUT2D eigenvalue weighted by Gasteiger charge is 2.53. The van der Waals surface area contributed by atoms with Crippen molar-refractivity contribution in [3.05, 3.63) is 0 Å². The fourth-order valence-corrected chi connectivity index (χ4v) is 2.79. The van der Waals surface area contributed by atoms with E-state index in [9.17, 15) is 23.2 Å². The molecule has 2 saturated heterocycles. The van der Waals surface area contributed by atoms with Gasteiger partial charge in [0.15, 0.2) is 0 Å². The minimum Gasteiger partial charge on any atom is -0.337 e. The van der Waals surface area contributed by atoms with Gasteiger partial charge in [0, 0.05) is 6.54 Å². The number of fused-ring (bicyclic) bond motifs is 1. The number of amides is 1. The molecule has 2 aliphatic rings. The van der Waals surface area contributed by atoms with Gasteiger partial charge in [-0.2, -0.15) is 18.4 Å². The Morgan fingerprint density at radius 3 is 2.83 bits per heavy atom. The molecule has 1 amide bonds. The summed E-state index contributed by atoms with van der Waals surface area (Å²) in [6.07, 6.45) is -2.27. The number of carbonyl (C=O) groups excluding carboxylic acids is 1. The van der Waals surface area contributed by atoms with E-state index in [-0.39, 0.29) is 12.3 Å². The summed E-state index contributed by atoms with van der Waals surface area (Å²) in [5, 5.41) is 11.5. The summed E-state index contributed by atoms with van der Waals surface area (Å²) in [6.45, 7) is -0.696. The second-order valence-electron chi connectivity index (χ2n) is 4.83. The molecule has 2 aliphatic heterocycles. The van der Waals surface area contributed by atoms with E-state index in [0.29, 0.717) is 13.0 Å². The largest absolute Gasteiger partial charge is 0.401 e. The van der Waals surface area contributed by atoms with Gasteiger partial charge in [-0.1, -0.05) is 0 Å². The number of alkyl halides is 3. The Bertz CT molecular complexity index is 390. The smallest absolute Gasteiger partial charge is 0.337 e. The van der Waals surface area contributed by atoms with Crippen molar-refractivity contribution in [1.29, 1.82) is 5.26 Å². The highest BCUT2D eigenvalue weighted by atomic mass is 19.4. The second-order valence-corrected chi connectivity index (χ2v) is 4.83. The zero-order valence-electron chi connectivity index (χ0n) is 9.76. The van der Waals surface area contributed by atoms with Gasteiger partial charge in [-0.25, -0.2) is 0 Å². The predicted molar refractivity (Wildman–Crippen MR) is 56.4 cm³/mol. The maximum Gasteiger partial charge on any atom is 0.401 e. The summed E-state index contributed by atoms with van der Waals surface area (Å²) in [7, 11) is 0. The number of piperidine rings is 1. The average molecular weight is 261 g/mol. The first kappa shape index (κ1) is 13.1.